The number of nitrogens with zero attached hydrogens (tertiary/aromatic N) is 2. The average Bonchev–Trinajstić information content (AvgIpc) is 2.79. The lowest BCUT2D eigenvalue weighted by atomic mass is 10.1. The second-order valence-electron chi connectivity index (χ2n) is 5.34. The molecule has 1 N–H and O–H groups in total. The van der Waals surface area contributed by atoms with Crippen LogP contribution in [0.15, 0.2) is 18.2 Å². The Kier molecular flexibility index (Phi) is 5.12. The smallest absolute Gasteiger partial charge is 0.123 e. The molecule has 21 heavy (non-hydrogen) atoms. The van der Waals surface area contributed by atoms with Crippen molar-refractivity contribution in [2.75, 3.05) is 7.05 Å². The third-order valence-electron chi connectivity index (χ3n) is 3.90. The number of aromatic nitrogens is 2. The average molecular weight is 289 g/mol. The Morgan fingerprint density at radius 1 is 1.24 bits per heavy atom. The summed E-state index contributed by atoms with van der Waals surface area (Å²) in [7, 11) is 1.96. The van der Waals surface area contributed by atoms with E-state index in [1.807, 2.05) is 20.0 Å². The minimum absolute atomic E-state index is 0.183. The molecular formula is C17H24FN3. The maximum Gasteiger partial charge on any atom is 0.123 e. The molecule has 0 aliphatic carbocycles. The van der Waals surface area contributed by atoms with E-state index in [1.165, 1.54) is 17.3 Å². The Labute approximate surface area is 126 Å². The van der Waals surface area contributed by atoms with Gasteiger partial charge < -0.3 is 5.32 Å². The minimum Gasteiger partial charge on any atom is -0.316 e. The van der Waals surface area contributed by atoms with Crippen LogP contribution < -0.4 is 5.32 Å². The van der Waals surface area contributed by atoms with Gasteiger partial charge in [0, 0.05) is 17.8 Å². The van der Waals surface area contributed by atoms with Gasteiger partial charge in [0.15, 0.2) is 0 Å². The minimum atomic E-state index is -0.183. The summed E-state index contributed by atoms with van der Waals surface area (Å²) in [6.07, 6.45) is 1.88. The fourth-order valence-corrected chi connectivity index (χ4v) is 2.78. The van der Waals surface area contributed by atoms with Crippen molar-refractivity contribution in [3.8, 4) is 0 Å². The summed E-state index contributed by atoms with van der Waals surface area (Å²) in [5.41, 5.74) is 5.82. The molecule has 0 aliphatic heterocycles. The van der Waals surface area contributed by atoms with E-state index in [0.29, 0.717) is 6.54 Å². The molecule has 0 aliphatic rings. The number of nitrogens with one attached hydrogen (secondary N) is 1. The molecule has 0 amide bonds. The summed E-state index contributed by atoms with van der Waals surface area (Å²) in [6, 6.07) is 4.96. The lowest BCUT2D eigenvalue weighted by molar-refractivity contribution is 0.616. The van der Waals surface area contributed by atoms with Gasteiger partial charge >= 0.3 is 0 Å². The molecule has 0 spiro atoms. The van der Waals surface area contributed by atoms with E-state index in [1.54, 1.807) is 6.07 Å². The number of hydrogen-bond donors (Lipinski definition) is 1. The maximum absolute atomic E-state index is 13.2. The van der Waals surface area contributed by atoms with E-state index in [2.05, 4.69) is 23.8 Å². The monoisotopic (exact) mass is 289 g/mol. The van der Waals surface area contributed by atoms with Crippen molar-refractivity contribution in [3.63, 3.8) is 0 Å². The third-order valence-corrected chi connectivity index (χ3v) is 3.90. The molecule has 1 heterocycles. The zero-order valence-electron chi connectivity index (χ0n) is 13.3. The first-order valence-corrected chi connectivity index (χ1v) is 7.57. The Balaban J connectivity index is 2.39. The first-order valence-electron chi connectivity index (χ1n) is 7.57. The first-order chi connectivity index (χ1) is 10.1. The van der Waals surface area contributed by atoms with Crippen molar-refractivity contribution < 1.29 is 4.39 Å². The molecule has 1 aromatic carbocycles. The molecule has 2 rings (SSSR count). The van der Waals surface area contributed by atoms with Crippen molar-refractivity contribution in [3.05, 3.63) is 52.1 Å². The van der Waals surface area contributed by atoms with Crippen LogP contribution in [0.5, 0.6) is 0 Å². The van der Waals surface area contributed by atoms with Crippen LogP contribution in [0.3, 0.4) is 0 Å². The highest BCUT2D eigenvalue weighted by Crippen LogP contribution is 2.19. The summed E-state index contributed by atoms with van der Waals surface area (Å²) in [5.74, 6) is -0.183. The van der Waals surface area contributed by atoms with E-state index in [0.717, 1.165) is 36.2 Å². The molecule has 0 saturated carbocycles. The van der Waals surface area contributed by atoms with Gasteiger partial charge in [-0.1, -0.05) is 19.9 Å². The molecule has 0 radical (unpaired) electrons. The van der Waals surface area contributed by atoms with E-state index in [9.17, 15) is 4.39 Å². The molecule has 1 aromatic heterocycles. The van der Waals surface area contributed by atoms with Gasteiger partial charge in [-0.25, -0.2) is 4.39 Å². The summed E-state index contributed by atoms with van der Waals surface area (Å²) >= 11 is 0. The zero-order chi connectivity index (χ0) is 15.4. The van der Waals surface area contributed by atoms with Crippen LogP contribution in [0.25, 0.3) is 0 Å². The molecule has 114 valence electrons. The Morgan fingerprint density at radius 2 is 2.00 bits per heavy atom. The van der Waals surface area contributed by atoms with E-state index in [4.69, 9.17) is 5.10 Å². The molecule has 0 saturated heterocycles. The van der Waals surface area contributed by atoms with E-state index < -0.39 is 0 Å². The summed E-state index contributed by atoms with van der Waals surface area (Å²) in [4.78, 5) is 0. The number of benzene rings is 1. The molecule has 0 atom stereocenters. The molecule has 0 fully saturated rings. The summed E-state index contributed by atoms with van der Waals surface area (Å²) < 4.78 is 15.3. The van der Waals surface area contributed by atoms with Crippen LogP contribution in [-0.4, -0.2) is 16.8 Å². The summed E-state index contributed by atoms with van der Waals surface area (Å²) in [5, 5.41) is 7.99. The van der Waals surface area contributed by atoms with E-state index >= 15 is 0 Å². The third kappa shape index (κ3) is 3.32. The van der Waals surface area contributed by atoms with Gasteiger partial charge in [-0.05, 0) is 50.1 Å². The molecule has 4 heteroatoms. The molecule has 0 bridgehead atoms. The zero-order valence-corrected chi connectivity index (χ0v) is 13.3. The summed E-state index contributed by atoms with van der Waals surface area (Å²) in [6.45, 7) is 7.78. The van der Waals surface area contributed by atoms with Gasteiger partial charge in [0.2, 0.25) is 0 Å². The van der Waals surface area contributed by atoms with Crippen LogP contribution in [0.1, 0.15) is 41.9 Å². The van der Waals surface area contributed by atoms with Crippen molar-refractivity contribution in [2.45, 2.75) is 46.7 Å². The van der Waals surface area contributed by atoms with Crippen LogP contribution in [-0.2, 0) is 25.9 Å². The number of halogens is 1. The van der Waals surface area contributed by atoms with Crippen LogP contribution in [0, 0.1) is 12.7 Å². The van der Waals surface area contributed by atoms with Crippen LogP contribution in [0.2, 0.25) is 0 Å². The van der Waals surface area contributed by atoms with Gasteiger partial charge in [0.1, 0.15) is 5.82 Å². The molecule has 0 unspecified atom stereocenters. The van der Waals surface area contributed by atoms with Crippen molar-refractivity contribution >= 4 is 0 Å². The molecule has 3 nitrogen and oxygen atoms in total. The predicted octanol–water partition coefficient (Wildman–Crippen LogP) is 3.22. The van der Waals surface area contributed by atoms with Crippen LogP contribution >= 0.6 is 0 Å². The maximum atomic E-state index is 13.2. The van der Waals surface area contributed by atoms with Crippen molar-refractivity contribution in [2.24, 2.45) is 0 Å². The Morgan fingerprint density at radius 3 is 2.57 bits per heavy atom. The fourth-order valence-electron chi connectivity index (χ4n) is 2.78. The molecule has 2 aromatic rings. The highest BCUT2D eigenvalue weighted by molar-refractivity contribution is 5.30. The van der Waals surface area contributed by atoms with Gasteiger partial charge in [-0.3, -0.25) is 4.68 Å². The topological polar surface area (TPSA) is 29.9 Å². The number of rotatable bonds is 6. The normalized spacial score (nSPS) is 11.1. The number of hydrogen-bond acceptors (Lipinski definition) is 2. The Bertz CT molecular complexity index is 617. The largest absolute Gasteiger partial charge is 0.316 e. The predicted molar refractivity (Wildman–Crippen MR) is 84.0 cm³/mol. The first kappa shape index (κ1) is 15.7. The fraction of sp³-hybridized carbons (Fsp3) is 0.471. The van der Waals surface area contributed by atoms with Crippen molar-refractivity contribution in [1.82, 2.24) is 15.1 Å². The second-order valence-corrected chi connectivity index (χ2v) is 5.34. The lowest BCUT2D eigenvalue weighted by Gasteiger charge is -2.10. The Hall–Kier alpha value is -1.68. The quantitative estimate of drug-likeness (QED) is 0.885. The van der Waals surface area contributed by atoms with E-state index in [-0.39, 0.29) is 5.82 Å². The van der Waals surface area contributed by atoms with Gasteiger partial charge in [0.05, 0.1) is 12.2 Å². The number of aryl methyl sites for hydroxylation is 2. The SMILES string of the molecule is CCc1nn(Cc2ccc(F)cc2C)c(CC)c1CNC. The highest BCUT2D eigenvalue weighted by Gasteiger charge is 2.15. The van der Waals surface area contributed by atoms with Gasteiger partial charge in [-0.15, -0.1) is 0 Å². The second kappa shape index (κ2) is 6.85. The van der Waals surface area contributed by atoms with Crippen LogP contribution in [0.4, 0.5) is 4.39 Å². The van der Waals surface area contributed by atoms with Crippen molar-refractivity contribution in [1.29, 1.82) is 0 Å². The van der Waals surface area contributed by atoms with Gasteiger partial charge in [0.25, 0.3) is 0 Å². The lowest BCUT2D eigenvalue weighted by Crippen LogP contribution is -2.11. The molecular weight excluding hydrogens is 265 g/mol. The highest BCUT2D eigenvalue weighted by atomic mass is 19.1. The standard InChI is InChI=1S/C17H24FN3/c1-5-16-15(10-19-4)17(6-2)21(20-16)11-13-7-8-14(18)9-12(13)3/h7-9,19H,5-6,10-11H2,1-4H3. The van der Waals surface area contributed by atoms with Gasteiger partial charge in [-0.2, -0.15) is 5.10 Å².